The second kappa shape index (κ2) is 11.1. The molecule has 1 heteroatoms. The van der Waals surface area contributed by atoms with E-state index >= 15 is 0 Å². The van der Waals surface area contributed by atoms with Crippen LogP contribution in [0.2, 0.25) is 0 Å². The van der Waals surface area contributed by atoms with E-state index in [1.54, 1.807) is 0 Å². The number of hydrogen-bond acceptors (Lipinski definition) is 1. The summed E-state index contributed by atoms with van der Waals surface area (Å²) >= 11 is 0. The highest BCUT2D eigenvalue weighted by Gasteiger charge is 2.20. The Balaban J connectivity index is 1.28. The molecule has 1 aromatic heterocycles. The zero-order valence-corrected chi connectivity index (χ0v) is 26.4. The van der Waals surface area contributed by atoms with E-state index in [0.29, 0.717) is 22.3 Å². The Kier molecular flexibility index (Phi) is 5.38. The van der Waals surface area contributed by atoms with Gasteiger partial charge in [0, 0.05) is 10.8 Å². The van der Waals surface area contributed by atoms with E-state index in [1.165, 1.54) is 0 Å². The molecule has 0 fully saturated rings. The van der Waals surface area contributed by atoms with Crippen molar-refractivity contribution in [3.05, 3.63) is 182 Å². The lowest BCUT2D eigenvalue weighted by Gasteiger charge is -2.18. The average Bonchev–Trinajstić information content (AvgIpc) is 3.59. The van der Waals surface area contributed by atoms with Gasteiger partial charge < -0.3 is 4.42 Å². The molecule has 1 heterocycles. The molecule has 0 unspecified atom stereocenters. The highest BCUT2D eigenvalue weighted by molar-refractivity contribution is 6.25. The minimum Gasteiger partial charge on any atom is -0.456 e. The maximum absolute atomic E-state index is 9.50. The Morgan fingerprint density at radius 3 is 1.65 bits per heavy atom. The van der Waals surface area contributed by atoms with Crippen LogP contribution in [0.4, 0.5) is 0 Å². The maximum Gasteiger partial charge on any atom is 0.136 e. The van der Waals surface area contributed by atoms with Gasteiger partial charge in [0.15, 0.2) is 0 Å². The Morgan fingerprint density at radius 2 is 0.918 bits per heavy atom. The van der Waals surface area contributed by atoms with Crippen molar-refractivity contribution in [1.29, 1.82) is 0 Å². The van der Waals surface area contributed by atoms with Gasteiger partial charge in [0.05, 0.1) is 5.48 Å². The molecular formula is C48H30O. The zero-order valence-electron chi connectivity index (χ0n) is 30.4. The second-order valence-corrected chi connectivity index (χ2v) is 12.5. The molecule has 228 valence electrons. The van der Waals surface area contributed by atoms with Crippen LogP contribution in [0.15, 0.2) is 186 Å². The Labute approximate surface area is 289 Å². The van der Waals surface area contributed by atoms with Crippen molar-refractivity contribution >= 4 is 54.3 Å². The normalized spacial score (nSPS) is 12.8. The molecule has 0 aliphatic heterocycles. The molecule has 0 saturated heterocycles. The topological polar surface area (TPSA) is 13.1 Å². The lowest BCUT2D eigenvalue weighted by molar-refractivity contribution is 0.669. The molecule has 1 nitrogen and oxygen atoms in total. The van der Waals surface area contributed by atoms with Gasteiger partial charge in [-0.15, -0.1) is 0 Å². The molecule has 10 aromatic rings. The minimum absolute atomic E-state index is 0.0570. The fourth-order valence-electron chi connectivity index (χ4n) is 7.55. The first-order valence-corrected chi connectivity index (χ1v) is 16.5. The van der Waals surface area contributed by atoms with Crippen molar-refractivity contribution in [3.63, 3.8) is 0 Å². The third-order valence-corrected chi connectivity index (χ3v) is 9.74. The molecule has 0 atom stereocenters. The largest absolute Gasteiger partial charge is 0.456 e. The summed E-state index contributed by atoms with van der Waals surface area (Å²) in [4.78, 5) is 0. The van der Waals surface area contributed by atoms with E-state index in [0.717, 1.165) is 76.5 Å². The van der Waals surface area contributed by atoms with Crippen LogP contribution in [0.5, 0.6) is 0 Å². The predicted octanol–water partition coefficient (Wildman–Crippen LogP) is 13.7. The maximum atomic E-state index is 9.50. The molecule has 0 bridgehead atoms. The minimum atomic E-state index is -0.0617. The fraction of sp³-hybridized carbons (Fsp3) is 0. The second-order valence-electron chi connectivity index (χ2n) is 12.5. The van der Waals surface area contributed by atoms with Gasteiger partial charge in [0.2, 0.25) is 0 Å². The zero-order chi connectivity index (χ0) is 35.8. The smallest absolute Gasteiger partial charge is 0.136 e. The van der Waals surface area contributed by atoms with Crippen LogP contribution in [-0.4, -0.2) is 0 Å². The van der Waals surface area contributed by atoms with Crippen LogP contribution in [-0.2, 0) is 0 Å². The van der Waals surface area contributed by atoms with Crippen LogP contribution < -0.4 is 0 Å². The molecule has 10 rings (SSSR count). The van der Waals surface area contributed by atoms with Gasteiger partial charge in [-0.25, -0.2) is 0 Å². The summed E-state index contributed by atoms with van der Waals surface area (Å²) in [5.74, 6) is 0. The summed E-state index contributed by atoms with van der Waals surface area (Å²) in [5.41, 5.74) is 7.88. The van der Waals surface area contributed by atoms with Gasteiger partial charge in [-0.2, -0.15) is 0 Å². The molecule has 49 heavy (non-hydrogen) atoms. The van der Waals surface area contributed by atoms with Crippen LogP contribution in [0, 0.1) is 0 Å². The first-order valence-electron chi connectivity index (χ1n) is 18.5. The molecular weight excluding hydrogens is 593 g/mol. The number of hydrogen-bond donors (Lipinski definition) is 0. The van der Waals surface area contributed by atoms with Gasteiger partial charge in [0.1, 0.15) is 11.2 Å². The number of rotatable bonds is 4. The summed E-state index contributed by atoms with van der Waals surface area (Å²) in [7, 11) is 0. The SMILES string of the molecule is [2H]c1c([2H])c(-c2c3ccccc3c(-c3cccc4oc5ccc(-c6ccccc6)cc5c34)c3ccccc23)c([2H])c([2H])c1-c1cccc2ccccc12. The first-order chi connectivity index (χ1) is 26.0. The van der Waals surface area contributed by atoms with Crippen molar-refractivity contribution in [2.45, 2.75) is 0 Å². The lowest BCUT2D eigenvalue weighted by atomic mass is 9.84. The van der Waals surface area contributed by atoms with Crippen molar-refractivity contribution in [2.24, 2.45) is 0 Å². The van der Waals surface area contributed by atoms with E-state index in [-0.39, 0.29) is 24.2 Å². The Hall–Kier alpha value is -6.44. The molecule has 0 aliphatic carbocycles. The molecule has 0 N–H and O–H groups in total. The first kappa shape index (κ1) is 23.8. The number of fused-ring (bicyclic) bond motifs is 6. The molecule has 0 spiro atoms. The van der Waals surface area contributed by atoms with Crippen molar-refractivity contribution in [3.8, 4) is 44.5 Å². The van der Waals surface area contributed by atoms with Crippen molar-refractivity contribution < 1.29 is 9.90 Å². The Bertz CT molecular complexity index is 3020. The van der Waals surface area contributed by atoms with E-state index < -0.39 is 0 Å². The molecule has 0 amide bonds. The summed E-state index contributed by atoms with van der Waals surface area (Å²) in [6.07, 6.45) is 0. The third kappa shape index (κ3) is 4.40. The van der Waals surface area contributed by atoms with Crippen molar-refractivity contribution in [2.75, 3.05) is 0 Å². The quantitative estimate of drug-likeness (QED) is 0.177. The molecule has 9 aromatic carbocycles. The van der Waals surface area contributed by atoms with Gasteiger partial charge in [-0.3, -0.25) is 0 Å². The van der Waals surface area contributed by atoms with E-state index in [9.17, 15) is 5.48 Å². The van der Waals surface area contributed by atoms with E-state index in [2.05, 4.69) is 42.5 Å². The van der Waals surface area contributed by atoms with Crippen LogP contribution in [0.1, 0.15) is 5.48 Å². The lowest BCUT2D eigenvalue weighted by Crippen LogP contribution is -1.91. The van der Waals surface area contributed by atoms with Gasteiger partial charge in [0.25, 0.3) is 0 Å². The fourth-order valence-corrected chi connectivity index (χ4v) is 7.55. The highest BCUT2D eigenvalue weighted by atomic mass is 16.3. The molecule has 0 saturated carbocycles. The van der Waals surface area contributed by atoms with Gasteiger partial charge in [-0.1, -0.05) is 164 Å². The van der Waals surface area contributed by atoms with Crippen LogP contribution >= 0.6 is 0 Å². The monoisotopic (exact) mass is 626 g/mol. The number of benzene rings is 9. The predicted molar refractivity (Wildman–Crippen MR) is 208 cm³/mol. The molecule has 0 radical (unpaired) electrons. The van der Waals surface area contributed by atoms with Gasteiger partial charge in [-0.05, 0) is 95.0 Å². The van der Waals surface area contributed by atoms with Gasteiger partial charge >= 0.3 is 0 Å². The van der Waals surface area contributed by atoms with Crippen LogP contribution in [0.3, 0.4) is 0 Å². The summed E-state index contributed by atoms with van der Waals surface area (Å²) in [6.45, 7) is 0. The van der Waals surface area contributed by atoms with E-state index in [4.69, 9.17) is 4.42 Å². The molecule has 0 aliphatic rings. The summed E-state index contributed by atoms with van der Waals surface area (Å²) in [6, 6.07) is 52.6. The standard InChI is InChI=1S/C48H30O/c1-2-12-31(13-3-1)35-28-29-44-43(30-35)48-42(22-11-23-45(48)49-44)47-40-19-8-6-17-38(40)46(39-18-7-9-20-41(39)47)34-26-24-33(25-27-34)37-21-10-15-32-14-4-5-16-36(32)37/h1-30H/i24D,25D,26D,27D. The number of furan rings is 1. The van der Waals surface area contributed by atoms with E-state index in [1.807, 2.05) is 115 Å². The summed E-state index contributed by atoms with van der Waals surface area (Å²) < 4.78 is 44.2. The van der Waals surface area contributed by atoms with Crippen LogP contribution in [0.25, 0.3) is 98.8 Å². The van der Waals surface area contributed by atoms with Crippen molar-refractivity contribution in [1.82, 2.24) is 0 Å². The Morgan fingerprint density at radius 1 is 0.347 bits per heavy atom. The third-order valence-electron chi connectivity index (χ3n) is 9.74. The average molecular weight is 627 g/mol. The highest BCUT2D eigenvalue weighted by Crippen LogP contribution is 2.47. The summed E-state index contributed by atoms with van der Waals surface area (Å²) in [5, 5.41) is 7.54.